The number of urea groups is 1. The van der Waals surface area contributed by atoms with Crippen LogP contribution in [0.2, 0.25) is 0 Å². The molecule has 0 spiro atoms. The topological polar surface area (TPSA) is 90.0 Å². The van der Waals surface area contributed by atoms with Crippen molar-refractivity contribution in [3.05, 3.63) is 28.8 Å². The van der Waals surface area contributed by atoms with Gasteiger partial charge in [0.15, 0.2) is 0 Å². The fourth-order valence-corrected chi connectivity index (χ4v) is 6.52. The van der Waals surface area contributed by atoms with Gasteiger partial charge < -0.3 is 33.3 Å². The first kappa shape index (κ1) is 28.8. The van der Waals surface area contributed by atoms with Crippen LogP contribution in [0.4, 0.5) is 9.59 Å². The Morgan fingerprint density at radius 3 is 2.39 bits per heavy atom. The summed E-state index contributed by atoms with van der Waals surface area (Å²) < 4.78 is 30.4. The van der Waals surface area contributed by atoms with Gasteiger partial charge in [0.25, 0.3) is 0 Å². The molecule has 0 aliphatic carbocycles. The third-order valence-electron chi connectivity index (χ3n) is 9.46. The van der Waals surface area contributed by atoms with Gasteiger partial charge in [-0.15, -0.1) is 0 Å². The molecule has 3 amide bonds. The van der Waals surface area contributed by atoms with E-state index in [0.29, 0.717) is 52.4 Å². The number of hydrogen-bond donors (Lipinski definition) is 0. The van der Waals surface area contributed by atoms with Gasteiger partial charge in [0.1, 0.15) is 5.60 Å². The first-order chi connectivity index (χ1) is 19.2. The molecule has 4 saturated heterocycles. The van der Waals surface area contributed by atoms with E-state index in [1.54, 1.807) is 4.90 Å². The zero-order chi connectivity index (χ0) is 29.3. The van der Waals surface area contributed by atoms with E-state index in [2.05, 4.69) is 12.1 Å². The highest BCUT2D eigenvalue weighted by Gasteiger charge is 2.52. The van der Waals surface area contributed by atoms with Crippen molar-refractivity contribution >= 4 is 24.7 Å². The van der Waals surface area contributed by atoms with E-state index >= 15 is 0 Å². The van der Waals surface area contributed by atoms with Gasteiger partial charge in [-0.1, -0.05) is 12.1 Å². The lowest BCUT2D eigenvalue weighted by Crippen LogP contribution is -2.51. The molecule has 1 aromatic carbocycles. The molecule has 41 heavy (non-hydrogen) atoms. The second kappa shape index (κ2) is 10.1. The van der Waals surface area contributed by atoms with Gasteiger partial charge in [0, 0.05) is 26.2 Å². The third-order valence-corrected chi connectivity index (χ3v) is 9.46. The van der Waals surface area contributed by atoms with Crippen LogP contribution in [0.25, 0.3) is 0 Å². The summed E-state index contributed by atoms with van der Waals surface area (Å²) in [5.41, 5.74) is 2.51. The molecule has 0 saturated carbocycles. The minimum atomic E-state index is -0.619. The Morgan fingerprint density at radius 2 is 1.76 bits per heavy atom. The van der Waals surface area contributed by atoms with Crippen molar-refractivity contribution < 1.29 is 33.1 Å². The Labute approximate surface area is 243 Å². The van der Waals surface area contributed by atoms with Crippen molar-refractivity contribution in [1.29, 1.82) is 0 Å². The summed E-state index contributed by atoms with van der Waals surface area (Å²) in [5.74, 6) is 0. The molecule has 2 bridgehead atoms. The third kappa shape index (κ3) is 5.35. The quantitative estimate of drug-likeness (QED) is 0.506. The van der Waals surface area contributed by atoms with Gasteiger partial charge in [0.05, 0.1) is 49.2 Å². The SMILES string of the molecule is CC(C)(C)OC(=O)N1CCOC[C@H]1c1cc(B2OC(C)(C)C(C)(C)O2)cc2c1CN(C(=O)N1C[C@H]3C[C@@H]1CO3)CC2. The second-order valence-electron chi connectivity index (χ2n) is 14.1. The molecule has 5 aliphatic rings. The van der Waals surface area contributed by atoms with Crippen molar-refractivity contribution in [2.45, 2.75) is 103 Å². The van der Waals surface area contributed by atoms with E-state index in [1.807, 2.05) is 58.3 Å². The largest absolute Gasteiger partial charge is 0.494 e. The molecule has 0 aromatic heterocycles. The Bertz CT molecular complexity index is 1200. The average molecular weight is 570 g/mol. The zero-order valence-corrected chi connectivity index (χ0v) is 25.5. The van der Waals surface area contributed by atoms with E-state index in [1.165, 1.54) is 0 Å². The maximum absolute atomic E-state index is 13.7. The lowest BCUT2D eigenvalue weighted by Gasteiger charge is -2.40. The standard InChI is InChI=1S/C30H44BN3O7/c1-28(2,3)39-27(36)33-10-11-37-18-25(33)23-13-20(31-40-29(4,5)30(6,7)41-31)12-19-8-9-32(16-24(19)23)26(35)34-15-22-14-21(34)17-38-22/h12-13,21-22,25H,8-11,14-18H2,1-7H3/t21-,22-,25+/m1/s1. The number of amides is 3. The normalized spacial score (nSPS) is 28.7. The molecule has 1 aromatic rings. The molecular formula is C30H44BN3O7. The van der Waals surface area contributed by atoms with Gasteiger partial charge in [-0.25, -0.2) is 9.59 Å². The predicted octanol–water partition coefficient (Wildman–Crippen LogP) is 3.25. The number of likely N-dealkylation sites (tertiary alicyclic amines) is 1. The molecule has 0 radical (unpaired) electrons. The molecule has 3 atom stereocenters. The molecule has 5 aliphatic heterocycles. The monoisotopic (exact) mass is 569 g/mol. The summed E-state index contributed by atoms with van der Waals surface area (Å²) in [7, 11) is -0.539. The summed E-state index contributed by atoms with van der Waals surface area (Å²) in [4.78, 5) is 32.8. The molecule has 11 heteroatoms. The van der Waals surface area contributed by atoms with Crippen LogP contribution in [-0.4, -0.2) is 102 Å². The molecule has 0 unspecified atom stereocenters. The Hall–Kier alpha value is -2.34. The molecule has 224 valence electrons. The van der Waals surface area contributed by atoms with E-state index in [-0.39, 0.29) is 30.3 Å². The maximum Gasteiger partial charge on any atom is 0.494 e. The Balaban J connectivity index is 1.36. The Kier molecular flexibility index (Phi) is 7.11. The number of morpholine rings is 2. The van der Waals surface area contributed by atoms with Crippen LogP contribution in [0.15, 0.2) is 12.1 Å². The first-order valence-corrected chi connectivity index (χ1v) is 15.0. The minimum absolute atomic E-state index is 0.0660. The number of nitrogens with zero attached hydrogens (tertiary/aromatic N) is 3. The van der Waals surface area contributed by atoms with Crippen LogP contribution in [0.3, 0.4) is 0 Å². The van der Waals surface area contributed by atoms with Crippen LogP contribution in [-0.2, 0) is 36.5 Å². The second-order valence-corrected chi connectivity index (χ2v) is 14.1. The lowest BCUT2D eigenvalue weighted by molar-refractivity contribution is -0.0334. The van der Waals surface area contributed by atoms with Crippen LogP contribution < -0.4 is 5.46 Å². The highest BCUT2D eigenvalue weighted by molar-refractivity contribution is 6.62. The van der Waals surface area contributed by atoms with Crippen LogP contribution in [0.1, 0.15) is 77.6 Å². The predicted molar refractivity (Wildman–Crippen MR) is 153 cm³/mol. The van der Waals surface area contributed by atoms with Crippen molar-refractivity contribution in [2.75, 3.05) is 39.5 Å². The van der Waals surface area contributed by atoms with Crippen molar-refractivity contribution in [3.8, 4) is 0 Å². The van der Waals surface area contributed by atoms with E-state index < -0.39 is 23.9 Å². The molecule has 5 heterocycles. The summed E-state index contributed by atoms with van der Waals surface area (Å²) >= 11 is 0. The summed E-state index contributed by atoms with van der Waals surface area (Å²) in [6.07, 6.45) is 1.42. The fourth-order valence-electron chi connectivity index (χ4n) is 6.52. The number of rotatable bonds is 2. The summed E-state index contributed by atoms with van der Waals surface area (Å²) in [6, 6.07) is 4.12. The summed E-state index contributed by atoms with van der Waals surface area (Å²) in [5, 5.41) is 0. The average Bonchev–Trinajstić information content (AvgIpc) is 3.59. The van der Waals surface area contributed by atoms with Crippen LogP contribution in [0.5, 0.6) is 0 Å². The molecule has 0 N–H and O–H groups in total. The number of carbonyl (C=O) groups excluding carboxylic acids is 2. The highest BCUT2D eigenvalue weighted by atomic mass is 16.7. The number of benzene rings is 1. The lowest BCUT2D eigenvalue weighted by atomic mass is 9.74. The molecule has 10 nitrogen and oxygen atoms in total. The van der Waals surface area contributed by atoms with Crippen molar-refractivity contribution in [2.24, 2.45) is 0 Å². The highest BCUT2D eigenvalue weighted by Crippen LogP contribution is 2.39. The maximum atomic E-state index is 13.7. The fraction of sp³-hybridized carbons (Fsp3) is 0.733. The molecule has 4 fully saturated rings. The van der Waals surface area contributed by atoms with Crippen molar-refractivity contribution in [3.63, 3.8) is 0 Å². The summed E-state index contributed by atoms with van der Waals surface area (Å²) in [6.45, 7) is 17.4. The number of fused-ring (bicyclic) bond motifs is 3. The minimum Gasteiger partial charge on any atom is -0.444 e. The first-order valence-electron chi connectivity index (χ1n) is 15.0. The van der Waals surface area contributed by atoms with Crippen LogP contribution in [0, 0.1) is 0 Å². The number of hydrogen-bond acceptors (Lipinski definition) is 7. The zero-order valence-electron chi connectivity index (χ0n) is 25.5. The van der Waals surface area contributed by atoms with Gasteiger partial charge >= 0.3 is 19.2 Å². The van der Waals surface area contributed by atoms with E-state index in [0.717, 1.165) is 28.6 Å². The van der Waals surface area contributed by atoms with Gasteiger partial charge in [0.2, 0.25) is 0 Å². The Morgan fingerprint density at radius 1 is 1.02 bits per heavy atom. The van der Waals surface area contributed by atoms with Crippen molar-refractivity contribution in [1.82, 2.24) is 14.7 Å². The smallest absolute Gasteiger partial charge is 0.444 e. The van der Waals surface area contributed by atoms with Gasteiger partial charge in [-0.3, -0.25) is 4.90 Å². The number of carbonyl (C=O) groups is 2. The van der Waals surface area contributed by atoms with E-state index in [9.17, 15) is 9.59 Å². The van der Waals surface area contributed by atoms with E-state index in [4.69, 9.17) is 23.5 Å². The molecule has 6 rings (SSSR count). The molecular weight excluding hydrogens is 525 g/mol. The number of ether oxygens (including phenoxy) is 3. The van der Waals surface area contributed by atoms with Gasteiger partial charge in [-0.05, 0) is 83.5 Å². The van der Waals surface area contributed by atoms with Gasteiger partial charge in [-0.2, -0.15) is 0 Å². The van der Waals surface area contributed by atoms with Crippen LogP contribution >= 0.6 is 0 Å².